The van der Waals surface area contributed by atoms with Crippen LogP contribution in [0.4, 0.5) is 5.82 Å². The standard InChI is InChI=1S/C16H19N5O2/c1-2-12-8-14(21-7-3-4-11(10-21)16(22)23)20-15(19-12)13-9-17-5-6-18-13/h5-6,8-9,11H,2-4,7,10H2,1H3,(H,22,23). The van der Waals surface area contributed by atoms with E-state index in [1.165, 1.54) is 0 Å². The van der Waals surface area contributed by atoms with Crippen LogP contribution in [0, 0.1) is 5.92 Å². The molecule has 1 saturated heterocycles. The summed E-state index contributed by atoms with van der Waals surface area (Å²) in [5, 5.41) is 9.26. The second kappa shape index (κ2) is 6.68. The Kier molecular flexibility index (Phi) is 4.45. The molecule has 7 nitrogen and oxygen atoms in total. The SMILES string of the molecule is CCc1cc(N2CCCC(C(=O)O)C2)nc(-c2cnccn2)n1. The van der Waals surface area contributed by atoms with E-state index in [1.54, 1.807) is 18.6 Å². The van der Waals surface area contributed by atoms with Crippen LogP contribution in [0.1, 0.15) is 25.5 Å². The van der Waals surface area contributed by atoms with Crippen LogP contribution in [0.2, 0.25) is 0 Å². The van der Waals surface area contributed by atoms with Crippen LogP contribution in [-0.4, -0.2) is 44.1 Å². The van der Waals surface area contributed by atoms with Gasteiger partial charge in [-0.15, -0.1) is 0 Å². The summed E-state index contributed by atoms with van der Waals surface area (Å²) in [6, 6.07) is 1.93. The number of nitrogens with zero attached hydrogens (tertiary/aromatic N) is 5. The van der Waals surface area contributed by atoms with E-state index in [0.717, 1.165) is 30.9 Å². The van der Waals surface area contributed by atoms with Gasteiger partial charge in [0, 0.05) is 37.2 Å². The molecule has 3 rings (SSSR count). The first kappa shape index (κ1) is 15.3. The number of carboxylic acids is 1. The number of rotatable bonds is 4. The van der Waals surface area contributed by atoms with Crippen molar-refractivity contribution in [2.75, 3.05) is 18.0 Å². The van der Waals surface area contributed by atoms with Gasteiger partial charge in [-0.3, -0.25) is 9.78 Å². The molecule has 0 aliphatic carbocycles. The molecule has 1 atom stereocenters. The molecule has 7 heteroatoms. The molecule has 1 aliphatic rings. The molecule has 0 radical (unpaired) electrons. The van der Waals surface area contributed by atoms with Gasteiger partial charge in [-0.1, -0.05) is 6.92 Å². The van der Waals surface area contributed by atoms with Gasteiger partial charge in [-0.05, 0) is 19.3 Å². The molecule has 0 bridgehead atoms. The number of aryl methyl sites for hydroxylation is 1. The highest BCUT2D eigenvalue weighted by Gasteiger charge is 2.26. The molecule has 1 N–H and O–H groups in total. The summed E-state index contributed by atoms with van der Waals surface area (Å²) < 4.78 is 0. The Balaban J connectivity index is 1.94. The molecular formula is C16H19N5O2. The second-order valence-corrected chi connectivity index (χ2v) is 5.61. The first-order chi connectivity index (χ1) is 11.2. The van der Waals surface area contributed by atoms with Gasteiger partial charge in [0.1, 0.15) is 11.5 Å². The Hall–Kier alpha value is -2.57. The summed E-state index contributed by atoms with van der Waals surface area (Å²) in [5.74, 6) is 0.214. The van der Waals surface area contributed by atoms with Gasteiger partial charge in [0.25, 0.3) is 0 Å². The summed E-state index contributed by atoms with van der Waals surface area (Å²) in [6.45, 7) is 3.32. The molecule has 0 aromatic carbocycles. The third kappa shape index (κ3) is 3.44. The van der Waals surface area contributed by atoms with Crippen LogP contribution >= 0.6 is 0 Å². The van der Waals surface area contributed by atoms with Crippen molar-refractivity contribution < 1.29 is 9.90 Å². The summed E-state index contributed by atoms with van der Waals surface area (Å²) in [5.41, 5.74) is 1.53. The third-order valence-corrected chi connectivity index (χ3v) is 4.01. The molecular weight excluding hydrogens is 294 g/mol. The van der Waals surface area contributed by atoms with Crippen molar-refractivity contribution in [3.05, 3.63) is 30.4 Å². The normalized spacial score (nSPS) is 18.0. The van der Waals surface area contributed by atoms with Gasteiger partial charge in [-0.25, -0.2) is 15.0 Å². The van der Waals surface area contributed by atoms with Crippen LogP contribution in [0.25, 0.3) is 11.5 Å². The van der Waals surface area contributed by atoms with Crippen LogP contribution < -0.4 is 4.90 Å². The number of carboxylic acid groups (broad SMARTS) is 1. The van der Waals surface area contributed by atoms with Crippen molar-refractivity contribution in [1.82, 2.24) is 19.9 Å². The van der Waals surface area contributed by atoms with Gasteiger partial charge < -0.3 is 10.0 Å². The van der Waals surface area contributed by atoms with Crippen LogP contribution in [0.15, 0.2) is 24.7 Å². The van der Waals surface area contributed by atoms with E-state index < -0.39 is 5.97 Å². The summed E-state index contributed by atoms with van der Waals surface area (Å²) in [4.78, 5) is 30.7. The number of aromatic nitrogens is 4. The van der Waals surface area contributed by atoms with Crippen molar-refractivity contribution >= 4 is 11.8 Å². The number of piperidine rings is 1. The van der Waals surface area contributed by atoms with Crippen molar-refractivity contribution in [3.8, 4) is 11.5 Å². The van der Waals surface area contributed by atoms with Crippen molar-refractivity contribution in [2.24, 2.45) is 5.92 Å². The monoisotopic (exact) mass is 313 g/mol. The summed E-state index contributed by atoms with van der Waals surface area (Å²) >= 11 is 0. The predicted octanol–water partition coefficient (Wildman–Crippen LogP) is 1.80. The molecule has 120 valence electrons. The van der Waals surface area contributed by atoms with Gasteiger partial charge in [0.2, 0.25) is 0 Å². The number of anilines is 1. The molecule has 1 aliphatic heterocycles. The minimum atomic E-state index is -0.742. The Morgan fingerprint density at radius 2 is 2.26 bits per heavy atom. The fourth-order valence-corrected chi connectivity index (χ4v) is 2.74. The lowest BCUT2D eigenvalue weighted by Crippen LogP contribution is -2.39. The number of hydrogen-bond donors (Lipinski definition) is 1. The third-order valence-electron chi connectivity index (χ3n) is 4.01. The second-order valence-electron chi connectivity index (χ2n) is 5.61. The maximum atomic E-state index is 11.3. The van der Waals surface area contributed by atoms with E-state index in [2.05, 4.69) is 19.9 Å². The highest BCUT2D eigenvalue weighted by Crippen LogP contribution is 2.24. The Labute approximate surface area is 134 Å². The minimum absolute atomic E-state index is 0.344. The van der Waals surface area contributed by atoms with E-state index in [1.807, 2.05) is 17.9 Å². The summed E-state index contributed by atoms with van der Waals surface area (Å²) in [7, 11) is 0. The lowest BCUT2D eigenvalue weighted by atomic mass is 9.98. The Morgan fingerprint density at radius 1 is 1.39 bits per heavy atom. The van der Waals surface area contributed by atoms with E-state index in [9.17, 15) is 9.90 Å². The first-order valence-electron chi connectivity index (χ1n) is 7.79. The zero-order valence-corrected chi connectivity index (χ0v) is 13.0. The minimum Gasteiger partial charge on any atom is -0.481 e. The lowest BCUT2D eigenvalue weighted by Gasteiger charge is -2.31. The fraction of sp³-hybridized carbons (Fsp3) is 0.438. The maximum absolute atomic E-state index is 11.3. The van der Waals surface area contributed by atoms with Crippen LogP contribution in [-0.2, 0) is 11.2 Å². The zero-order chi connectivity index (χ0) is 16.2. The van der Waals surface area contributed by atoms with E-state index >= 15 is 0 Å². The van der Waals surface area contributed by atoms with Gasteiger partial charge >= 0.3 is 5.97 Å². The maximum Gasteiger partial charge on any atom is 0.308 e. The van der Waals surface area contributed by atoms with Crippen molar-refractivity contribution in [3.63, 3.8) is 0 Å². The van der Waals surface area contributed by atoms with Crippen molar-refractivity contribution in [1.29, 1.82) is 0 Å². The summed E-state index contributed by atoms with van der Waals surface area (Å²) in [6.07, 6.45) is 7.19. The highest BCUT2D eigenvalue weighted by molar-refractivity contribution is 5.71. The number of carbonyl (C=O) groups is 1. The smallest absolute Gasteiger partial charge is 0.308 e. The molecule has 0 saturated carbocycles. The van der Waals surface area contributed by atoms with E-state index in [-0.39, 0.29) is 5.92 Å². The van der Waals surface area contributed by atoms with Crippen LogP contribution in [0.3, 0.4) is 0 Å². The lowest BCUT2D eigenvalue weighted by molar-refractivity contribution is -0.141. The Bertz CT molecular complexity index is 692. The quantitative estimate of drug-likeness (QED) is 0.920. The van der Waals surface area contributed by atoms with Crippen LogP contribution in [0.5, 0.6) is 0 Å². The molecule has 0 spiro atoms. The molecule has 1 unspecified atom stereocenters. The average molecular weight is 313 g/mol. The molecule has 0 amide bonds. The number of hydrogen-bond acceptors (Lipinski definition) is 6. The number of aliphatic carboxylic acids is 1. The fourth-order valence-electron chi connectivity index (χ4n) is 2.74. The predicted molar refractivity (Wildman–Crippen MR) is 85.0 cm³/mol. The molecule has 2 aromatic heterocycles. The van der Waals surface area contributed by atoms with Gasteiger partial charge in [0.15, 0.2) is 5.82 Å². The highest BCUT2D eigenvalue weighted by atomic mass is 16.4. The molecule has 1 fully saturated rings. The zero-order valence-electron chi connectivity index (χ0n) is 13.0. The topological polar surface area (TPSA) is 92.1 Å². The van der Waals surface area contributed by atoms with E-state index in [4.69, 9.17) is 0 Å². The molecule has 3 heterocycles. The largest absolute Gasteiger partial charge is 0.481 e. The van der Waals surface area contributed by atoms with Gasteiger partial charge in [0.05, 0.1) is 12.1 Å². The Morgan fingerprint density at radius 3 is 2.96 bits per heavy atom. The first-order valence-corrected chi connectivity index (χ1v) is 7.79. The van der Waals surface area contributed by atoms with Crippen molar-refractivity contribution in [2.45, 2.75) is 26.2 Å². The van der Waals surface area contributed by atoms with Gasteiger partial charge in [-0.2, -0.15) is 0 Å². The van der Waals surface area contributed by atoms with E-state index in [0.29, 0.717) is 24.5 Å². The average Bonchev–Trinajstić information content (AvgIpc) is 2.62. The molecule has 23 heavy (non-hydrogen) atoms. The molecule has 2 aromatic rings.